The Hall–Kier alpha value is -4.34. The van der Waals surface area contributed by atoms with Gasteiger partial charge in [0.2, 0.25) is 11.8 Å². The summed E-state index contributed by atoms with van der Waals surface area (Å²) in [7, 11) is 0. The molecule has 176 valence electrons. The van der Waals surface area contributed by atoms with E-state index in [1.807, 2.05) is 0 Å². The van der Waals surface area contributed by atoms with Gasteiger partial charge in [0.25, 0.3) is 11.4 Å². The molecule has 2 N–H and O–H groups in total. The first-order chi connectivity index (χ1) is 16.3. The van der Waals surface area contributed by atoms with Crippen LogP contribution in [-0.2, 0) is 9.59 Å². The lowest BCUT2D eigenvalue weighted by Gasteiger charge is -2.29. The topological polar surface area (TPSA) is 144 Å². The number of non-ortho nitro benzene ring substituents is 2. The van der Waals surface area contributed by atoms with Crippen LogP contribution in [0.15, 0.2) is 60.7 Å². The number of nitro groups is 2. The summed E-state index contributed by atoms with van der Waals surface area (Å²) in [6.45, 7) is 0. The van der Waals surface area contributed by atoms with Gasteiger partial charge in [-0.25, -0.2) is 0 Å². The quantitative estimate of drug-likeness (QED) is 0.346. The van der Waals surface area contributed by atoms with E-state index in [0.29, 0.717) is 11.1 Å². The third kappa shape index (κ3) is 7.37. The van der Waals surface area contributed by atoms with Crippen molar-refractivity contribution in [3.05, 3.63) is 92.0 Å². The minimum Gasteiger partial charge on any atom is -0.350 e. The Labute approximate surface area is 195 Å². The maximum Gasteiger partial charge on any atom is 0.269 e. The van der Waals surface area contributed by atoms with Crippen LogP contribution in [0.1, 0.15) is 36.8 Å². The summed E-state index contributed by atoms with van der Waals surface area (Å²) >= 11 is 0. The summed E-state index contributed by atoms with van der Waals surface area (Å²) in [6.07, 6.45) is 8.92. The summed E-state index contributed by atoms with van der Waals surface area (Å²) in [4.78, 5) is 44.8. The largest absolute Gasteiger partial charge is 0.350 e. The van der Waals surface area contributed by atoms with E-state index >= 15 is 0 Å². The van der Waals surface area contributed by atoms with Gasteiger partial charge in [-0.15, -0.1) is 0 Å². The summed E-state index contributed by atoms with van der Waals surface area (Å²) in [5.41, 5.74) is 1.36. The van der Waals surface area contributed by atoms with Crippen LogP contribution in [0.4, 0.5) is 11.4 Å². The maximum absolute atomic E-state index is 12.2. The molecule has 34 heavy (non-hydrogen) atoms. The molecule has 1 aliphatic rings. The minimum atomic E-state index is -0.478. The molecule has 0 unspecified atom stereocenters. The van der Waals surface area contributed by atoms with Gasteiger partial charge in [-0.2, -0.15) is 0 Å². The molecule has 0 bridgehead atoms. The van der Waals surface area contributed by atoms with Gasteiger partial charge in [0.05, 0.1) is 9.85 Å². The van der Waals surface area contributed by atoms with Crippen molar-refractivity contribution in [1.29, 1.82) is 0 Å². The molecule has 0 aromatic heterocycles. The highest BCUT2D eigenvalue weighted by molar-refractivity contribution is 5.92. The second-order valence-electron chi connectivity index (χ2n) is 7.93. The van der Waals surface area contributed by atoms with Crippen LogP contribution < -0.4 is 10.6 Å². The zero-order valence-corrected chi connectivity index (χ0v) is 18.3. The lowest BCUT2D eigenvalue weighted by Crippen LogP contribution is -2.43. The van der Waals surface area contributed by atoms with Crippen molar-refractivity contribution in [2.75, 3.05) is 0 Å². The highest BCUT2D eigenvalue weighted by Gasteiger charge is 2.22. The highest BCUT2D eigenvalue weighted by Crippen LogP contribution is 2.19. The number of rotatable bonds is 8. The normalized spacial score (nSPS) is 18.0. The van der Waals surface area contributed by atoms with Crippen LogP contribution in [0.25, 0.3) is 12.2 Å². The SMILES string of the molecule is O=C(/C=C/c1ccc([N+](=O)[O-])cc1)NC1CCC(NC(=O)/C=C/c2ccc([N+](=O)[O-])cc2)CC1. The first-order valence-electron chi connectivity index (χ1n) is 10.8. The van der Waals surface area contributed by atoms with Gasteiger partial charge >= 0.3 is 0 Å². The Morgan fingerprint density at radius 1 is 0.676 bits per heavy atom. The first kappa shape index (κ1) is 24.3. The van der Waals surface area contributed by atoms with Crippen molar-refractivity contribution in [3.63, 3.8) is 0 Å². The van der Waals surface area contributed by atoms with Crippen LogP contribution >= 0.6 is 0 Å². The standard InChI is InChI=1S/C24H24N4O6/c29-23(15-5-17-1-11-21(12-2-17)27(31)32)25-19-7-9-20(10-8-19)26-24(30)16-6-18-3-13-22(14-4-18)28(33)34/h1-6,11-16,19-20H,7-10H2,(H,25,29)(H,26,30)/b15-5+,16-6+. The van der Waals surface area contributed by atoms with E-state index in [9.17, 15) is 29.8 Å². The third-order valence-electron chi connectivity index (χ3n) is 5.48. The molecule has 1 saturated carbocycles. The van der Waals surface area contributed by atoms with Crippen molar-refractivity contribution in [3.8, 4) is 0 Å². The molecule has 3 rings (SSSR count). The van der Waals surface area contributed by atoms with Crippen LogP contribution in [0.2, 0.25) is 0 Å². The lowest BCUT2D eigenvalue weighted by molar-refractivity contribution is -0.385. The van der Waals surface area contributed by atoms with Crippen LogP contribution in [-0.4, -0.2) is 33.7 Å². The molecule has 10 heteroatoms. The number of carbonyl (C=O) groups excluding carboxylic acids is 2. The molecule has 2 amide bonds. The Morgan fingerprint density at radius 2 is 1.00 bits per heavy atom. The number of carbonyl (C=O) groups is 2. The third-order valence-corrected chi connectivity index (χ3v) is 5.48. The smallest absolute Gasteiger partial charge is 0.269 e. The molecular weight excluding hydrogens is 440 g/mol. The van der Waals surface area contributed by atoms with Crippen LogP contribution in [0.3, 0.4) is 0 Å². The molecule has 1 fully saturated rings. The van der Waals surface area contributed by atoms with E-state index in [1.54, 1.807) is 36.4 Å². The van der Waals surface area contributed by atoms with E-state index in [4.69, 9.17) is 0 Å². The molecule has 0 saturated heterocycles. The summed E-state index contributed by atoms with van der Waals surface area (Å²) < 4.78 is 0. The average Bonchev–Trinajstić information content (AvgIpc) is 2.83. The van der Waals surface area contributed by atoms with Gasteiger partial charge in [0.15, 0.2) is 0 Å². The van der Waals surface area contributed by atoms with Crippen molar-refractivity contribution < 1.29 is 19.4 Å². The van der Waals surface area contributed by atoms with Gasteiger partial charge in [-0.3, -0.25) is 29.8 Å². The molecule has 0 spiro atoms. The van der Waals surface area contributed by atoms with Crippen LogP contribution in [0.5, 0.6) is 0 Å². The van der Waals surface area contributed by atoms with E-state index in [2.05, 4.69) is 10.6 Å². The minimum absolute atomic E-state index is 0.00714. The Balaban J connectivity index is 1.39. The predicted octanol–water partition coefficient (Wildman–Crippen LogP) is 3.77. The molecule has 2 aromatic rings. The van der Waals surface area contributed by atoms with E-state index < -0.39 is 9.85 Å². The monoisotopic (exact) mass is 464 g/mol. The first-order valence-corrected chi connectivity index (χ1v) is 10.8. The highest BCUT2D eigenvalue weighted by atomic mass is 16.6. The molecule has 2 aromatic carbocycles. The average molecular weight is 464 g/mol. The zero-order chi connectivity index (χ0) is 24.5. The van der Waals surface area contributed by atoms with E-state index in [0.717, 1.165) is 25.7 Å². The number of benzene rings is 2. The van der Waals surface area contributed by atoms with E-state index in [-0.39, 0.29) is 35.3 Å². The van der Waals surface area contributed by atoms with Crippen molar-refractivity contribution in [2.24, 2.45) is 0 Å². The number of amides is 2. The fraction of sp³-hybridized carbons (Fsp3) is 0.250. The number of nitrogens with zero attached hydrogens (tertiary/aromatic N) is 2. The number of nitrogens with one attached hydrogen (secondary N) is 2. The fourth-order valence-corrected chi connectivity index (χ4v) is 3.64. The summed E-state index contributed by atoms with van der Waals surface area (Å²) in [5.74, 6) is -0.478. The van der Waals surface area contributed by atoms with Gasteiger partial charge in [0, 0.05) is 48.5 Å². The van der Waals surface area contributed by atoms with Crippen LogP contribution in [0, 0.1) is 20.2 Å². The number of hydrogen-bond acceptors (Lipinski definition) is 6. The van der Waals surface area contributed by atoms with Gasteiger partial charge in [-0.1, -0.05) is 0 Å². The molecule has 0 atom stereocenters. The number of nitro benzene ring substituents is 2. The molecule has 0 aliphatic heterocycles. The second kappa shape index (κ2) is 11.5. The Kier molecular flexibility index (Phi) is 8.22. The molecule has 0 radical (unpaired) electrons. The zero-order valence-electron chi connectivity index (χ0n) is 18.3. The predicted molar refractivity (Wildman–Crippen MR) is 127 cm³/mol. The van der Waals surface area contributed by atoms with Gasteiger partial charge < -0.3 is 10.6 Å². The second-order valence-corrected chi connectivity index (χ2v) is 7.93. The fourth-order valence-electron chi connectivity index (χ4n) is 3.64. The Bertz CT molecular complexity index is 1010. The van der Waals surface area contributed by atoms with Gasteiger partial charge in [-0.05, 0) is 73.2 Å². The summed E-state index contributed by atoms with van der Waals surface area (Å²) in [6, 6.07) is 11.9. The van der Waals surface area contributed by atoms with Crippen molar-refractivity contribution >= 4 is 35.3 Å². The number of hydrogen-bond donors (Lipinski definition) is 2. The van der Waals surface area contributed by atoms with Crippen molar-refractivity contribution in [2.45, 2.75) is 37.8 Å². The van der Waals surface area contributed by atoms with Gasteiger partial charge in [0.1, 0.15) is 0 Å². The molecular formula is C24H24N4O6. The molecule has 10 nitrogen and oxygen atoms in total. The Morgan fingerprint density at radius 3 is 1.29 bits per heavy atom. The summed E-state index contributed by atoms with van der Waals surface area (Å²) in [5, 5.41) is 27.2. The molecule has 0 heterocycles. The van der Waals surface area contributed by atoms with Crippen molar-refractivity contribution in [1.82, 2.24) is 10.6 Å². The van der Waals surface area contributed by atoms with E-state index in [1.165, 1.54) is 36.4 Å². The lowest BCUT2D eigenvalue weighted by atomic mass is 9.91. The molecule has 1 aliphatic carbocycles. The maximum atomic E-state index is 12.2.